The zero-order valence-electron chi connectivity index (χ0n) is 19.7. The standard InChI is InChI=1S/C29H23ClN4O3/c30-18-10-11-22-20(13-18)29(28(37)32-22)25-24(26(35)34(27(25)36)15-16-6-2-1-3-7-16)23(33-29)12-17-14-31-21-9-5-4-8-19(17)21/h1-11,13-14,23-25,31,33H,12,15H2,(H,32,37). The van der Waals surface area contributed by atoms with Crippen LogP contribution in [0.4, 0.5) is 5.69 Å². The first-order valence-corrected chi connectivity index (χ1v) is 12.7. The fourth-order valence-electron chi connectivity index (χ4n) is 6.47. The number of aromatic nitrogens is 1. The molecule has 8 heteroatoms. The molecule has 3 N–H and O–H groups in total. The van der Waals surface area contributed by atoms with Crippen molar-refractivity contribution in [2.24, 2.45) is 11.8 Å². The fraction of sp³-hybridized carbons (Fsp3) is 0.207. The number of halogens is 1. The second-order valence-corrected chi connectivity index (χ2v) is 10.5. The summed E-state index contributed by atoms with van der Waals surface area (Å²) in [7, 11) is 0. The third-order valence-corrected chi connectivity index (χ3v) is 8.30. The van der Waals surface area contributed by atoms with Gasteiger partial charge in [-0.05, 0) is 41.8 Å². The maximum atomic E-state index is 14.0. The van der Waals surface area contributed by atoms with E-state index in [-0.39, 0.29) is 24.3 Å². The Morgan fingerprint density at radius 1 is 0.919 bits per heavy atom. The summed E-state index contributed by atoms with van der Waals surface area (Å²) in [4.78, 5) is 46.2. The molecule has 0 aliphatic carbocycles. The van der Waals surface area contributed by atoms with Gasteiger partial charge in [-0.3, -0.25) is 24.6 Å². The molecule has 7 rings (SSSR count). The van der Waals surface area contributed by atoms with E-state index in [1.165, 1.54) is 4.90 Å². The number of nitrogens with one attached hydrogen (secondary N) is 3. The van der Waals surface area contributed by atoms with Crippen molar-refractivity contribution >= 4 is 45.9 Å². The first-order chi connectivity index (χ1) is 18.0. The van der Waals surface area contributed by atoms with E-state index in [1.807, 2.05) is 60.8 Å². The molecule has 3 amide bonds. The monoisotopic (exact) mass is 510 g/mol. The maximum Gasteiger partial charge on any atom is 0.250 e. The molecule has 37 heavy (non-hydrogen) atoms. The summed E-state index contributed by atoms with van der Waals surface area (Å²) >= 11 is 6.36. The maximum absolute atomic E-state index is 14.0. The predicted octanol–water partition coefficient (Wildman–Crippen LogP) is 3.98. The highest BCUT2D eigenvalue weighted by molar-refractivity contribution is 6.31. The van der Waals surface area contributed by atoms with Gasteiger partial charge in [0.1, 0.15) is 5.54 Å². The van der Waals surface area contributed by atoms with Crippen molar-refractivity contribution in [2.45, 2.75) is 24.5 Å². The number of imide groups is 1. The molecule has 4 aromatic rings. The van der Waals surface area contributed by atoms with E-state index in [0.29, 0.717) is 22.7 Å². The minimum atomic E-state index is -1.38. The van der Waals surface area contributed by atoms with Gasteiger partial charge in [0.15, 0.2) is 0 Å². The molecule has 3 aromatic carbocycles. The molecule has 0 radical (unpaired) electrons. The number of carbonyl (C=O) groups is 3. The second-order valence-electron chi connectivity index (χ2n) is 10.0. The lowest BCUT2D eigenvalue weighted by Crippen LogP contribution is -2.53. The van der Waals surface area contributed by atoms with Crippen LogP contribution in [0, 0.1) is 11.8 Å². The van der Waals surface area contributed by atoms with Crippen LogP contribution in [0.3, 0.4) is 0 Å². The van der Waals surface area contributed by atoms with Gasteiger partial charge in [-0.15, -0.1) is 0 Å². The fourth-order valence-corrected chi connectivity index (χ4v) is 6.64. The highest BCUT2D eigenvalue weighted by Crippen LogP contribution is 2.54. The summed E-state index contributed by atoms with van der Waals surface area (Å²) in [6, 6.07) is 22.2. The Balaban J connectivity index is 1.35. The number of benzene rings is 3. The number of hydrogen-bond donors (Lipinski definition) is 3. The summed E-state index contributed by atoms with van der Waals surface area (Å²) in [6.07, 6.45) is 2.42. The first kappa shape index (κ1) is 22.3. The molecule has 2 saturated heterocycles. The van der Waals surface area contributed by atoms with Crippen molar-refractivity contribution in [3.63, 3.8) is 0 Å². The number of aromatic amines is 1. The lowest BCUT2D eigenvalue weighted by Gasteiger charge is -2.29. The van der Waals surface area contributed by atoms with E-state index >= 15 is 0 Å². The van der Waals surface area contributed by atoms with Gasteiger partial charge >= 0.3 is 0 Å². The van der Waals surface area contributed by atoms with Crippen LogP contribution < -0.4 is 10.6 Å². The van der Waals surface area contributed by atoms with Crippen LogP contribution in [0.2, 0.25) is 5.02 Å². The normalized spacial score (nSPS) is 26.2. The highest BCUT2D eigenvalue weighted by atomic mass is 35.5. The number of fused-ring (bicyclic) bond motifs is 5. The van der Waals surface area contributed by atoms with Gasteiger partial charge in [0.2, 0.25) is 17.7 Å². The lowest BCUT2D eigenvalue weighted by molar-refractivity contribution is -0.143. The number of carbonyl (C=O) groups excluding carboxylic acids is 3. The number of hydrogen-bond acceptors (Lipinski definition) is 4. The van der Waals surface area contributed by atoms with Crippen molar-refractivity contribution in [3.05, 3.63) is 101 Å². The SMILES string of the molecule is O=C1C2C(Cc3c[nH]c4ccccc34)NC3(C(=O)Nc4ccc(Cl)cc43)C2C(=O)N1Cc1ccccc1. The molecule has 184 valence electrons. The molecule has 1 spiro atoms. The number of para-hydroxylation sites is 1. The Morgan fingerprint density at radius 2 is 1.70 bits per heavy atom. The average molecular weight is 511 g/mol. The lowest BCUT2D eigenvalue weighted by atomic mass is 9.76. The van der Waals surface area contributed by atoms with Gasteiger partial charge in [0.25, 0.3) is 0 Å². The first-order valence-electron chi connectivity index (χ1n) is 12.3. The highest BCUT2D eigenvalue weighted by Gasteiger charge is 2.70. The van der Waals surface area contributed by atoms with Crippen molar-refractivity contribution in [1.29, 1.82) is 0 Å². The molecule has 4 heterocycles. The summed E-state index contributed by atoms with van der Waals surface area (Å²) in [5.41, 5.74) is 2.73. The molecule has 4 atom stereocenters. The molecular formula is C29H23ClN4O3. The molecule has 3 aliphatic heterocycles. The number of nitrogens with zero attached hydrogens (tertiary/aromatic N) is 1. The minimum absolute atomic E-state index is 0.172. The Bertz CT molecular complexity index is 1600. The summed E-state index contributed by atoms with van der Waals surface area (Å²) in [5, 5.41) is 7.95. The largest absolute Gasteiger partial charge is 0.361 e. The molecule has 0 bridgehead atoms. The zero-order chi connectivity index (χ0) is 25.3. The van der Waals surface area contributed by atoms with E-state index in [4.69, 9.17) is 11.6 Å². The van der Waals surface area contributed by atoms with E-state index in [0.717, 1.165) is 22.0 Å². The quantitative estimate of drug-likeness (QED) is 0.362. The number of amides is 3. The Morgan fingerprint density at radius 3 is 2.54 bits per heavy atom. The number of likely N-dealkylation sites (tertiary alicyclic amines) is 1. The predicted molar refractivity (Wildman–Crippen MR) is 140 cm³/mol. The van der Waals surface area contributed by atoms with Crippen molar-refractivity contribution in [3.8, 4) is 0 Å². The molecule has 2 fully saturated rings. The second kappa shape index (κ2) is 8.03. The van der Waals surface area contributed by atoms with Gasteiger partial charge in [-0.2, -0.15) is 0 Å². The summed E-state index contributed by atoms with van der Waals surface area (Å²) in [6.45, 7) is 0.172. The Hall–Kier alpha value is -3.94. The molecular weight excluding hydrogens is 488 g/mol. The Kier molecular flexibility index (Phi) is 4.83. The summed E-state index contributed by atoms with van der Waals surface area (Å²) < 4.78 is 0. The van der Waals surface area contributed by atoms with Gasteiger partial charge in [0, 0.05) is 39.4 Å². The van der Waals surface area contributed by atoms with Crippen LogP contribution >= 0.6 is 11.6 Å². The Labute approximate surface area is 217 Å². The average Bonchev–Trinajstić information content (AvgIpc) is 3.61. The smallest absolute Gasteiger partial charge is 0.250 e. The number of H-pyrrole nitrogens is 1. The van der Waals surface area contributed by atoms with Crippen LogP contribution in [0.1, 0.15) is 16.7 Å². The molecule has 0 saturated carbocycles. The molecule has 4 unspecified atom stereocenters. The van der Waals surface area contributed by atoms with Crippen LogP contribution in [0.5, 0.6) is 0 Å². The van der Waals surface area contributed by atoms with Crippen molar-refractivity contribution in [1.82, 2.24) is 15.2 Å². The van der Waals surface area contributed by atoms with Crippen LogP contribution in [-0.4, -0.2) is 33.6 Å². The third-order valence-electron chi connectivity index (χ3n) is 8.07. The van der Waals surface area contributed by atoms with Gasteiger partial charge in [-0.25, -0.2) is 0 Å². The summed E-state index contributed by atoms with van der Waals surface area (Å²) in [5.74, 6) is -2.49. The van der Waals surface area contributed by atoms with Crippen LogP contribution in [-0.2, 0) is 32.9 Å². The minimum Gasteiger partial charge on any atom is -0.361 e. The van der Waals surface area contributed by atoms with Crippen molar-refractivity contribution in [2.75, 3.05) is 5.32 Å². The van der Waals surface area contributed by atoms with Gasteiger partial charge in [-0.1, -0.05) is 60.1 Å². The van der Waals surface area contributed by atoms with Crippen LogP contribution in [0.15, 0.2) is 79.0 Å². The van der Waals surface area contributed by atoms with Gasteiger partial charge < -0.3 is 10.3 Å². The van der Waals surface area contributed by atoms with E-state index in [2.05, 4.69) is 15.6 Å². The third kappa shape index (κ3) is 3.14. The topological polar surface area (TPSA) is 94.3 Å². The zero-order valence-corrected chi connectivity index (χ0v) is 20.5. The van der Waals surface area contributed by atoms with E-state index < -0.39 is 23.4 Å². The van der Waals surface area contributed by atoms with Crippen molar-refractivity contribution < 1.29 is 14.4 Å². The van der Waals surface area contributed by atoms with E-state index in [9.17, 15) is 14.4 Å². The van der Waals surface area contributed by atoms with E-state index in [1.54, 1.807) is 18.2 Å². The molecule has 1 aromatic heterocycles. The number of anilines is 1. The van der Waals surface area contributed by atoms with Gasteiger partial charge in [0.05, 0.1) is 18.4 Å². The van der Waals surface area contributed by atoms with Crippen LogP contribution in [0.25, 0.3) is 10.9 Å². The number of rotatable bonds is 4. The molecule has 7 nitrogen and oxygen atoms in total. The molecule has 3 aliphatic rings.